The number of aliphatic carboxylic acids is 2. The van der Waals surface area contributed by atoms with E-state index >= 15 is 0 Å². The number of anilines is 1. The van der Waals surface area contributed by atoms with Crippen LogP contribution in [0.25, 0.3) is 11.2 Å². The summed E-state index contributed by atoms with van der Waals surface area (Å²) in [6, 6.07) is -2.44. The van der Waals surface area contributed by atoms with Crippen LogP contribution in [0, 0.1) is 0 Å². The zero-order valence-electron chi connectivity index (χ0n) is 15.3. The molecule has 1 amide bonds. The van der Waals surface area contributed by atoms with Crippen molar-refractivity contribution in [1.29, 1.82) is 0 Å². The van der Waals surface area contributed by atoms with Gasteiger partial charge in [-0.15, -0.1) is 11.8 Å². The molecule has 15 heteroatoms. The first-order valence-corrected chi connectivity index (χ1v) is 9.71. The Morgan fingerprint density at radius 1 is 1.30 bits per heavy atom. The number of ether oxygens (including phenoxy) is 1. The molecule has 2 aromatic rings. The lowest BCUT2D eigenvalue weighted by atomic mass is 10.1. The Labute approximate surface area is 172 Å². The van der Waals surface area contributed by atoms with Crippen molar-refractivity contribution in [3.8, 4) is 0 Å². The first-order valence-electron chi connectivity index (χ1n) is 8.55. The number of thioether (sulfide) groups is 1. The summed E-state index contributed by atoms with van der Waals surface area (Å²) in [5.74, 6) is -3.38. The number of imidazole rings is 1. The van der Waals surface area contributed by atoms with Gasteiger partial charge in [0, 0.05) is 5.75 Å². The molecule has 30 heavy (non-hydrogen) atoms. The molecule has 0 aromatic carbocycles. The van der Waals surface area contributed by atoms with Crippen molar-refractivity contribution in [3.63, 3.8) is 0 Å². The molecule has 0 aliphatic carbocycles. The Morgan fingerprint density at radius 3 is 2.70 bits per heavy atom. The second-order valence-corrected chi connectivity index (χ2v) is 7.44. The van der Waals surface area contributed by atoms with Crippen molar-refractivity contribution < 1.29 is 34.4 Å². The molecule has 2 aromatic heterocycles. The van der Waals surface area contributed by atoms with E-state index in [1.165, 1.54) is 17.2 Å². The molecule has 1 aliphatic rings. The number of aliphatic hydroxyl groups is 1. The molecule has 0 unspecified atom stereocenters. The number of amides is 1. The zero-order valence-corrected chi connectivity index (χ0v) is 16.1. The molecule has 14 nitrogen and oxygen atoms in total. The molecule has 8 N–H and O–H groups in total. The van der Waals surface area contributed by atoms with E-state index in [0.29, 0.717) is 0 Å². The van der Waals surface area contributed by atoms with Crippen molar-refractivity contribution in [1.82, 2.24) is 24.8 Å². The molecule has 0 saturated carbocycles. The molecule has 1 fully saturated rings. The van der Waals surface area contributed by atoms with Gasteiger partial charge in [0.1, 0.15) is 17.9 Å². The number of nitrogens with zero attached hydrogens (tertiary/aromatic N) is 4. The third-order valence-corrected chi connectivity index (χ3v) is 5.39. The number of nitrogens with two attached hydrogens (primary N) is 2. The van der Waals surface area contributed by atoms with Gasteiger partial charge in [0.2, 0.25) is 5.91 Å². The van der Waals surface area contributed by atoms with E-state index in [0.717, 1.165) is 11.8 Å². The average Bonchev–Trinajstić information content (AvgIpc) is 3.24. The molecular weight excluding hydrogens is 422 g/mol. The largest absolute Gasteiger partial charge is 0.481 e. The van der Waals surface area contributed by atoms with E-state index in [4.69, 9.17) is 21.3 Å². The number of fused-ring (bicyclic) bond motifs is 1. The van der Waals surface area contributed by atoms with Crippen LogP contribution in [0.2, 0.25) is 0 Å². The number of hydrogen-bond donors (Lipinski definition) is 6. The summed E-state index contributed by atoms with van der Waals surface area (Å²) in [7, 11) is 0. The number of carboxylic acids is 2. The van der Waals surface area contributed by atoms with Crippen LogP contribution in [-0.4, -0.2) is 88.5 Å². The van der Waals surface area contributed by atoms with Gasteiger partial charge in [-0.1, -0.05) is 0 Å². The molecule has 3 heterocycles. The van der Waals surface area contributed by atoms with Crippen LogP contribution in [0.4, 0.5) is 5.82 Å². The minimum Gasteiger partial charge on any atom is -0.481 e. The van der Waals surface area contributed by atoms with Crippen molar-refractivity contribution in [2.24, 2.45) is 5.73 Å². The maximum absolute atomic E-state index is 12.3. The number of rotatable bonds is 8. The van der Waals surface area contributed by atoms with Gasteiger partial charge in [0.25, 0.3) is 0 Å². The van der Waals surface area contributed by atoms with Gasteiger partial charge in [-0.05, 0) is 0 Å². The van der Waals surface area contributed by atoms with E-state index in [-0.39, 0.29) is 28.5 Å². The highest BCUT2D eigenvalue weighted by atomic mass is 32.2. The van der Waals surface area contributed by atoms with Crippen LogP contribution in [0.5, 0.6) is 0 Å². The van der Waals surface area contributed by atoms with Crippen LogP contribution in [-0.2, 0) is 19.1 Å². The number of nitrogens with one attached hydrogen (secondary N) is 1. The monoisotopic (exact) mass is 441 g/mol. The maximum atomic E-state index is 12.3. The molecular formula is C15H19N7O7S. The third-order valence-electron chi connectivity index (χ3n) is 4.35. The van der Waals surface area contributed by atoms with Crippen molar-refractivity contribution in [3.05, 3.63) is 12.7 Å². The summed E-state index contributed by atoms with van der Waals surface area (Å²) >= 11 is 0.931. The molecule has 162 valence electrons. The van der Waals surface area contributed by atoms with Crippen LogP contribution in [0.1, 0.15) is 6.23 Å². The van der Waals surface area contributed by atoms with E-state index in [1.54, 1.807) is 0 Å². The summed E-state index contributed by atoms with van der Waals surface area (Å²) < 4.78 is 6.76. The van der Waals surface area contributed by atoms with Crippen molar-refractivity contribution in [2.75, 3.05) is 17.2 Å². The molecule has 1 aliphatic heterocycles. The first-order chi connectivity index (χ1) is 14.2. The Bertz CT molecular complexity index is 970. The lowest BCUT2D eigenvalue weighted by Gasteiger charge is -2.22. The number of carboxylic acid groups (broad SMARTS) is 2. The Balaban J connectivity index is 1.77. The minimum absolute atomic E-state index is 0.00860. The Kier molecular flexibility index (Phi) is 6.35. The lowest BCUT2D eigenvalue weighted by molar-refractivity contribution is -0.152. The highest BCUT2D eigenvalue weighted by molar-refractivity contribution is 8.00. The standard InChI is InChI=1S/C15H19N7O7S/c16-5(1-30-2-6(23)24)13(26)21-7-9(25)14(29-10(7)15(27)28)22-4-20-8-11(17)18-3-19-12(8)22/h3-5,7,9-10,14,25H,1-2,16H2,(H,21,26)(H,23,24)(H,27,28)(H2,17,18,19)/t5-,7+,9-,10+,14-/m1/s1. The third kappa shape index (κ3) is 4.28. The predicted octanol–water partition coefficient (Wildman–Crippen LogP) is -2.62. The first kappa shape index (κ1) is 21.7. The molecule has 1 saturated heterocycles. The SMILES string of the molecule is Nc1ncnc2c1ncn2[C@@H]1O[C@H](C(=O)O)[C@@H](NC(=O)[C@H](N)CSCC(=O)O)[C@H]1O. The number of carbonyl (C=O) groups excluding carboxylic acids is 1. The van der Waals surface area contributed by atoms with E-state index in [9.17, 15) is 24.6 Å². The smallest absolute Gasteiger partial charge is 0.335 e. The quantitative estimate of drug-likeness (QED) is 0.247. The summed E-state index contributed by atoms with van der Waals surface area (Å²) in [6.45, 7) is 0. The highest BCUT2D eigenvalue weighted by Gasteiger charge is 2.49. The predicted molar refractivity (Wildman–Crippen MR) is 102 cm³/mol. The van der Waals surface area contributed by atoms with Gasteiger partial charge in [-0.3, -0.25) is 14.2 Å². The van der Waals surface area contributed by atoms with Gasteiger partial charge in [0.15, 0.2) is 23.8 Å². The fourth-order valence-corrected chi connectivity index (χ4v) is 3.65. The molecule has 5 atom stereocenters. The van der Waals surface area contributed by atoms with Gasteiger partial charge in [-0.2, -0.15) is 0 Å². The Hall–Kier alpha value is -3.01. The topological polar surface area (TPSA) is 229 Å². The van der Waals surface area contributed by atoms with Crippen molar-refractivity contribution >= 4 is 46.6 Å². The van der Waals surface area contributed by atoms with E-state index in [2.05, 4.69) is 20.3 Å². The van der Waals surface area contributed by atoms with Gasteiger partial charge >= 0.3 is 11.9 Å². The number of carbonyl (C=O) groups is 3. The summed E-state index contributed by atoms with van der Waals surface area (Å²) in [5.41, 5.74) is 11.9. The zero-order chi connectivity index (χ0) is 22.0. The Morgan fingerprint density at radius 2 is 2.03 bits per heavy atom. The average molecular weight is 441 g/mol. The summed E-state index contributed by atoms with van der Waals surface area (Å²) in [6.07, 6.45) is -1.85. The fraction of sp³-hybridized carbons (Fsp3) is 0.467. The molecule has 0 bridgehead atoms. The van der Waals surface area contributed by atoms with Crippen LogP contribution in [0.15, 0.2) is 12.7 Å². The van der Waals surface area contributed by atoms with Crippen LogP contribution >= 0.6 is 11.8 Å². The van der Waals surface area contributed by atoms with Crippen molar-refractivity contribution in [2.45, 2.75) is 30.5 Å². The summed E-state index contributed by atoms with van der Waals surface area (Å²) in [4.78, 5) is 46.4. The summed E-state index contributed by atoms with van der Waals surface area (Å²) in [5, 5.41) is 31.2. The fourth-order valence-electron chi connectivity index (χ4n) is 2.95. The molecule has 3 rings (SSSR count). The normalized spacial score (nSPS) is 24.6. The lowest BCUT2D eigenvalue weighted by Crippen LogP contribution is -2.54. The maximum Gasteiger partial charge on any atom is 0.335 e. The number of aliphatic hydroxyl groups excluding tert-OH is 1. The van der Waals surface area contributed by atoms with Crippen LogP contribution in [0.3, 0.4) is 0 Å². The van der Waals surface area contributed by atoms with Gasteiger partial charge in [0.05, 0.1) is 24.2 Å². The number of aromatic nitrogens is 4. The number of nitrogen functional groups attached to an aromatic ring is 1. The molecule has 0 spiro atoms. The van der Waals surface area contributed by atoms with Gasteiger partial charge < -0.3 is 36.8 Å². The van der Waals surface area contributed by atoms with E-state index < -0.39 is 48.4 Å². The second kappa shape index (κ2) is 8.78. The number of hydrogen-bond acceptors (Lipinski definition) is 11. The molecule has 0 radical (unpaired) electrons. The van der Waals surface area contributed by atoms with Gasteiger partial charge in [-0.25, -0.2) is 19.7 Å². The minimum atomic E-state index is -1.58. The van der Waals surface area contributed by atoms with Crippen LogP contribution < -0.4 is 16.8 Å². The highest BCUT2D eigenvalue weighted by Crippen LogP contribution is 2.32. The van der Waals surface area contributed by atoms with E-state index in [1.807, 2.05) is 0 Å². The second-order valence-electron chi connectivity index (χ2n) is 6.41.